The predicted octanol–water partition coefficient (Wildman–Crippen LogP) is -0.108. The standard InChI is InChI=1S/C18H33N5O5/c1-10(2)14(21-18(27)28-11(3)4)16(25)20-12(5)17(26)23-9-7-8-13(22-23)15(24)19-6/h10-14,22H,7-9H2,1-6H3,(H,19,24)(H,20,25)(H,21,27). The maximum Gasteiger partial charge on any atom is 0.408 e. The highest BCUT2D eigenvalue weighted by Crippen LogP contribution is 2.09. The molecule has 3 unspecified atom stereocenters. The Morgan fingerprint density at radius 2 is 1.71 bits per heavy atom. The number of hydrogen-bond donors (Lipinski definition) is 4. The molecule has 1 fully saturated rings. The third-order valence-electron chi connectivity index (χ3n) is 4.31. The minimum Gasteiger partial charge on any atom is -0.447 e. The van der Waals surface area contributed by atoms with Gasteiger partial charge < -0.3 is 20.7 Å². The number of rotatable bonds is 7. The van der Waals surface area contributed by atoms with Gasteiger partial charge in [0.2, 0.25) is 11.8 Å². The first-order valence-electron chi connectivity index (χ1n) is 9.63. The summed E-state index contributed by atoms with van der Waals surface area (Å²) >= 11 is 0. The van der Waals surface area contributed by atoms with E-state index in [9.17, 15) is 19.2 Å². The molecule has 0 saturated carbocycles. The van der Waals surface area contributed by atoms with Crippen LogP contribution in [-0.4, -0.2) is 66.6 Å². The van der Waals surface area contributed by atoms with Crippen LogP contribution in [0.15, 0.2) is 0 Å². The third kappa shape index (κ3) is 6.99. The predicted molar refractivity (Wildman–Crippen MR) is 103 cm³/mol. The van der Waals surface area contributed by atoms with E-state index in [1.165, 1.54) is 12.1 Å². The Bertz CT molecular complexity index is 581. The van der Waals surface area contributed by atoms with Crippen molar-refractivity contribution in [2.75, 3.05) is 13.6 Å². The number of hydrazine groups is 1. The molecule has 3 atom stereocenters. The Labute approximate surface area is 166 Å². The molecule has 160 valence electrons. The highest BCUT2D eigenvalue weighted by Gasteiger charge is 2.32. The van der Waals surface area contributed by atoms with Gasteiger partial charge in [0.05, 0.1) is 6.10 Å². The molecule has 0 aromatic rings. The van der Waals surface area contributed by atoms with Gasteiger partial charge in [-0.2, -0.15) is 0 Å². The summed E-state index contributed by atoms with van der Waals surface area (Å²) in [7, 11) is 1.54. The Hall–Kier alpha value is -2.36. The topological polar surface area (TPSA) is 129 Å². The molecule has 0 spiro atoms. The summed E-state index contributed by atoms with van der Waals surface area (Å²) < 4.78 is 5.02. The minimum atomic E-state index is -0.838. The van der Waals surface area contributed by atoms with Crippen LogP contribution in [-0.2, 0) is 19.1 Å². The Morgan fingerprint density at radius 1 is 1.07 bits per heavy atom. The van der Waals surface area contributed by atoms with Crippen LogP contribution in [0.3, 0.4) is 0 Å². The number of nitrogens with zero attached hydrogens (tertiary/aromatic N) is 1. The van der Waals surface area contributed by atoms with Crippen molar-refractivity contribution in [1.29, 1.82) is 0 Å². The zero-order valence-electron chi connectivity index (χ0n) is 17.5. The second kappa shape index (κ2) is 10.8. The van der Waals surface area contributed by atoms with Crippen LogP contribution in [0.25, 0.3) is 0 Å². The average molecular weight is 399 g/mol. The number of likely N-dealkylation sites (N-methyl/N-ethyl adjacent to an activating group) is 1. The van der Waals surface area contributed by atoms with Gasteiger partial charge in [0.15, 0.2) is 0 Å². The molecule has 1 aliphatic heterocycles. The van der Waals surface area contributed by atoms with E-state index in [1.807, 2.05) is 0 Å². The van der Waals surface area contributed by atoms with Crippen molar-refractivity contribution in [1.82, 2.24) is 26.4 Å². The Kier molecular flexibility index (Phi) is 9.17. The second-order valence-electron chi connectivity index (χ2n) is 7.48. The normalized spacial score (nSPS) is 19.0. The quantitative estimate of drug-likeness (QED) is 0.473. The van der Waals surface area contributed by atoms with Gasteiger partial charge in [-0.1, -0.05) is 13.8 Å². The van der Waals surface area contributed by atoms with E-state index in [2.05, 4.69) is 21.4 Å². The largest absolute Gasteiger partial charge is 0.447 e. The first-order chi connectivity index (χ1) is 13.1. The van der Waals surface area contributed by atoms with Gasteiger partial charge in [-0.05, 0) is 39.5 Å². The lowest BCUT2D eigenvalue weighted by Crippen LogP contribution is -2.61. The lowest BCUT2D eigenvalue weighted by atomic mass is 10.0. The zero-order chi connectivity index (χ0) is 21.4. The minimum absolute atomic E-state index is 0.193. The molecule has 0 aromatic heterocycles. The molecule has 28 heavy (non-hydrogen) atoms. The van der Waals surface area contributed by atoms with Crippen LogP contribution in [0.5, 0.6) is 0 Å². The van der Waals surface area contributed by atoms with E-state index in [4.69, 9.17) is 4.74 Å². The SMILES string of the molecule is CNC(=O)C1CCCN(C(=O)C(C)NC(=O)C(NC(=O)OC(C)C)C(C)C)N1. The van der Waals surface area contributed by atoms with E-state index >= 15 is 0 Å². The number of carbonyl (C=O) groups excluding carboxylic acids is 4. The van der Waals surface area contributed by atoms with Crippen LogP contribution in [0.1, 0.15) is 47.5 Å². The fraction of sp³-hybridized carbons (Fsp3) is 0.778. The number of alkyl carbamates (subject to hydrolysis) is 1. The van der Waals surface area contributed by atoms with Crippen molar-refractivity contribution >= 4 is 23.8 Å². The molecule has 10 nitrogen and oxygen atoms in total. The van der Waals surface area contributed by atoms with Crippen LogP contribution < -0.4 is 21.4 Å². The zero-order valence-corrected chi connectivity index (χ0v) is 17.5. The molecule has 4 amide bonds. The van der Waals surface area contributed by atoms with Gasteiger partial charge in [0.25, 0.3) is 5.91 Å². The summed E-state index contributed by atoms with van der Waals surface area (Å²) in [5, 5.41) is 9.08. The smallest absolute Gasteiger partial charge is 0.408 e. The molecule has 4 N–H and O–H groups in total. The molecule has 0 aromatic carbocycles. The summed E-state index contributed by atoms with van der Waals surface area (Å²) in [5.74, 6) is -1.22. The molecule has 10 heteroatoms. The molecule has 0 bridgehead atoms. The first kappa shape index (κ1) is 23.7. The van der Waals surface area contributed by atoms with Crippen molar-refractivity contribution in [3.8, 4) is 0 Å². The molecular formula is C18H33N5O5. The van der Waals surface area contributed by atoms with Gasteiger partial charge in [-0.25, -0.2) is 10.2 Å². The lowest BCUT2D eigenvalue weighted by molar-refractivity contribution is -0.143. The Morgan fingerprint density at radius 3 is 2.25 bits per heavy atom. The van der Waals surface area contributed by atoms with Gasteiger partial charge in [0.1, 0.15) is 18.1 Å². The highest BCUT2D eigenvalue weighted by molar-refractivity contribution is 5.91. The number of carbonyl (C=O) groups is 4. The summed E-state index contributed by atoms with van der Waals surface area (Å²) in [6.07, 6.45) is 0.305. The summed E-state index contributed by atoms with van der Waals surface area (Å²) in [6.45, 7) is 9.00. The molecule has 0 radical (unpaired) electrons. The maximum absolute atomic E-state index is 12.7. The van der Waals surface area contributed by atoms with Crippen LogP contribution in [0, 0.1) is 5.92 Å². The van der Waals surface area contributed by atoms with E-state index in [-0.39, 0.29) is 23.8 Å². The molecular weight excluding hydrogens is 366 g/mol. The molecule has 1 heterocycles. The van der Waals surface area contributed by atoms with Gasteiger partial charge in [-0.3, -0.25) is 19.4 Å². The highest BCUT2D eigenvalue weighted by atomic mass is 16.6. The van der Waals surface area contributed by atoms with E-state index < -0.39 is 30.1 Å². The summed E-state index contributed by atoms with van der Waals surface area (Å²) in [4.78, 5) is 48.9. The number of ether oxygens (including phenoxy) is 1. The fourth-order valence-electron chi connectivity index (χ4n) is 2.82. The molecule has 1 saturated heterocycles. The summed E-state index contributed by atoms with van der Waals surface area (Å²) in [5.41, 5.74) is 2.89. The molecule has 1 rings (SSSR count). The molecule has 0 aliphatic carbocycles. The van der Waals surface area contributed by atoms with E-state index in [0.29, 0.717) is 19.4 Å². The van der Waals surface area contributed by atoms with Crippen molar-refractivity contribution in [3.63, 3.8) is 0 Å². The van der Waals surface area contributed by atoms with Gasteiger partial charge in [-0.15, -0.1) is 0 Å². The Balaban J connectivity index is 2.68. The number of hydrogen-bond acceptors (Lipinski definition) is 6. The van der Waals surface area contributed by atoms with E-state index in [0.717, 1.165) is 0 Å². The maximum atomic E-state index is 12.7. The van der Waals surface area contributed by atoms with Gasteiger partial charge in [0, 0.05) is 13.6 Å². The summed E-state index contributed by atoms with van der Waals surface area (Å²) in [6, 6.07) is -2.15. The van der Waals surface area contributed by atoms with Gasteiger partial charge >= 0.3 is 6.09 Å². The van der Waals surface area contributed by atoms with Crippen molar-refractivity contribution < 1.29 is 23.9 Å². The van der Waals surface area contributed by atoms with Crippen LogP contribution in [0.2, 0.25) is 0 Å². The second-order valence-corrected chi connectivity index (χ2v) is 7.48. The average Bonchev–Trinajstić information content (AvgIpc) is 2.63. The monoisotopic (exact) mass is 399 g/mol. The van der Waals surface area contributed by atoms with Crippen LogP contribution >= 0.6 is 0 Å². The number of nitrogens with one attached hydrogen (secondary N) is 4. The molecule has 1 aliphatic rings. The fourth-order valence-corrected chi connectivity index (χ4v) is 2.82. The van der Waals surface area contributed by atoms with Crippen molar-refractivity contribution in [2.24, 2.45) is 5.92 Å². The lowest BCUT2D eigenvalue weighted by Gasteiger charge is -2.34. The van der Waals surface area contributed by atoms with Crippen LogP contribution in [0.4, 0.5) is 4.79 Å². The third-order valence-corrected chi connectivity index (χ3v) is 4.31. The van der Waals surface area contributed by atoms with Crippen molar-refractivity contribution in [3.05, 3.63) is 0 Å². The van der Waals surface area contributed by atoms with Crippen molar-refractivity contribution in [2.45, 2.75) is 71.7 Å². The van der Waals surface area contributed by atoms with E-state index in [1.54, 1.807) is 34.6 Å². The first-order valence-corrected chi connectivity index (χ1v) is 9.63. The number of amides is 4.